The van der Waals surface area contributed by atoms with Crippen LogP contribution in [0.3, 0.4) is 0 Å². The van der Waals surface area contributed by atoms with Gasteiger partial charge in [0.05, 0.1) is 0 Å². The molecule has 1 heteroatoms. The highest BCUT2D eigenvalue weighted by atomic mass is 15.1. The van der Waals surface area contributed by atoms with Gasteiger partial charge < -0.3 is 4.90 Å². The highest BCUT2D eigenvalue weighted by Crippen LogP contribution is 2.23. The van der Waals surface area contributed by atoms with Gasteiger partial charge >= 0.3 is 0 Å². The van der Waals surface area contributed by atoms with Gasteiger partial charge in [-0.2, -0.15) is 0 Å². The second-order valence-corrected chi connectivity index (χ2v) is 8.70. The summed E-state index contributed by atoms with van der Waals surface area (Å²) in [5, 5.41) is 0. The fourth-order valence-electron chi connectivity index (χ4n) is 2.75. The van der Waals surface area contributed by atoms with Gasteiger partial charge in [0.25, 0.3) is 0 Å². The van der Waals surface area contributed by atoms with Crippen LogP contribution >= 0.6 is 0 Å². The van der Waals surface area contributed by atoms with Gasteiger partial charge in [0.1, 0.15) is 0 Å². The van der Waals surface area contributed by atoms with Crippen LogP contribution < -0.4 is 4.90 Å². The van der Waals surface area contributed by atoms with Crippen LogP contribution in [0.4, 0.5) is 5.69 Å². The lowest BCUT2D eigenvalue weighted by molar-refractivity contribution is 0.411. The molecule has 1 rings (SSSR count). The van der Waals surface area contributed by atoms with Crippen LogP contribution in [0, 0.1) is 11.3 Å². The van der Waals surface area contributed by atoms with Crippen molar-refractivity contribution in [2.45, 2.75) is 103 Å². The zero-order valence-corrected chi connectivity index (χ0v) is 22.4. The number of anilines is 1. The molecule has 0 amide bonds. The Bertz CT molecular complexity index is 535. The fraction of sp³-hybridized carbons (Fsp3) is 0.643. The maximum absolute atomic E-state index is 2.28. The Kier molecular flexibility index (Phi) is 20.6. The maximum atomic E-state index is 2.28. The highest BCUT2D eigenvalue weighted by molar-refractivity contribution is 5.51. The predicted molar refractivity (Wildman–Crippen MR) is 139 cm³/mol. The van der Waals surface area contributed by atoms with Crippen molar-refractivity contribution in [3.63, 3.8) is 0 Å². The van der Waals surface area contributed by atoms with E-state index >= 15 is 0 Å². The first-order chi connectivity index (χ1) is 13.5. The summed E-state index contributed by atoms with van der Waals surface area (Å²) in [6.07, 6.45) is 6.71. The Labute approximate surface area is 185 Å². The van der Waals surface area contributed by atoms with Gasteiger partial charge in [0.15, 0.2) is 0 Å². The Morgan fingerprint density at radius 3 is 1.66 bits per heavy atom. The number of nitrogens with zero attached hydrogens (tertiary/aromatic N) is 1. The van der Waals surface area contributed by atoms with Crippen LogP contribution in [0.5, 0.6) is 0 Å². The molecule has 0 fully saturated rings. The minimum atomic E-state index is 0.353. The van der Waals surface area contributed by atoms with Crippen molar-refractivity contribution in [2.24, 2.45) is 11.3 Å². The summed E-state index contributed by atoms with van der Waals surface area (Å²) in [6, 6.07) is 8.93. The van der Waals surface area contributed by atoms with Crippen molar-refractivity contribution >= 4 is 5.69 Å². The lowest BCUT2D eigenvalue weighted by Crippen LogP contribution is -2.14. The summed E-state index contributed by atoms with van der Waals surface area (Å²) < 4.78 is 0. The fourth-order valence-corrected chi connectivity index (χ4v) is 2.75. The third-order valence-electron chi connectivity index (χ3n) is 3.75. The molecule has 0 aromatic heterocycles. The van der Waals surface area contributed by atoms with Gasteiger partial charge in [-0.1, -0.05) is 99.1 Å². The monoisotopic (exact) mass is 403 g/mol. The zero-order chi connectivity index (χ0) is 23.6. The second kappa shape index (κ2) is 18.5. The number of hydrogen-bond acceptors (Lipinski definition) is 1. The van der Waals surface area contributed by atoms with Crippen molar-refractivity contribution in [2.75, 3.05) is 11.9 Å². The van der Waals surface area contributed by atoms with Gasteiger partial charge in [-0.05, 0) is 62.6 Å². The summed E-state index contributed by atoms with van der Waals surface area (Å²) in [5.74, 6) is 0.713. The molecule has 0 saturated heterocycles. The first kappa shape index (κ1) is 32.2. The molecule has 1 aromatic carbocycles. The standard InChI is InChI=1S/C17H27N.C7H14.2C2H6/c1-7-8-14(2)18(6)16-11-9-15(10-12-16)13-17(3,4)5;1-6(2)5-7(3)4;2*1-2/h8-12H,7,13H2,1-6H3;5-6H,1-4H3;2*1-2H3/b14-8+;;;. The smallest absolute Gasteiger partial charge is 0.0405 e. The average Bonchev–Trinajstić information content (AvgIpc) is 2.63. The van der Waals surface area contributed by atoms with E-state index in [-0.39, 0.29) is 0 Å². The van der Waals surface area contributed by atoms with Gasteiger partial charge in [-0.3, -0.25) is 0 Å². The molecule has 1 aromatic rings. The van der Waals surface area contributed by atoms with E-state index in [1.165, 1.54) is 22.5 Å². The van der Waals surface area contributed by atoms with Crippen molar-refractivity contribution in [1.82, 2.24) is 0 Å². The first-order valence-corrected chi connectivity index (χ1v) is 11.6. The van der Waals surface area contributed by atoms with Crippen LogP contribution in [0.2, 0.25) is 0 Å². The third-order valence-corrected chi connectivity index (χ3v) is 3.75. The summed E-state index contributed by atoms with van der Waals surface area (Å²) in [6.45, 7) is 27.8. The molecule has 29 heavy (non-hydrogen) atoms. The summed E-state index contributed by atoms with van der Waals surface area (Å²) in [7, 11) is 2.13. The van der Waals surface area contributed by atoms with Crippen LogP contribution in [0.25, 0.3) is 0 Å². The number of hydrogen-bond donors (Lipinski definition) is 0. The Morgan fingerprint density at radius 1 is 0.931 bits per heavy atom. The number of allylic oxidation sites excluding steroid dienone is 4. The lowest BCUT2D eigenvalue weighted by Gasteiger charge is -2.22. The van der Waals surface area contributed by atoms with E-state index in [0.717, 1.165) is 12.8 Å². The molecule has 170 valence electrons. The first-order valence-electron chi connectivity index (χ1n) is 11.6. The Morgan fingerprint density at radius 2 is 1.38 bits per heavy atom. The molecule has 0 aliphatic carbocycles. The Hall–Kier alpha value is -1.50. The lowest BCUT2D eigenvalue weighted by atomic mass is 9.88. The minimum absolute atomic E-state index is 0.353. The van der Waals surface area contributed by atoms with Crippen LogP contribution in [0.1, 0.15) is 102 Å². The van der Waals surface area contributed by atoms with E-state index in [9.17, 15) is 0 Å². The topological polar surface area (TPSA) is 3.24 Å². The minimum Gasteiger partial charge on any atom is -0.349 e. The van der Waals surface area contributed by atoms with E-state index in [1.807, 2.05) is 27.7 Å². The van der Waals surface area contributed by atoms with Crippen LogP contribution in [-0.2, 0) is 6.42 Å². The zero-order valence-electron chi connectivity index (χ0n) is 22.4. The van der Waals surface area contributed by atoms with Crippen molar-refractivity contribution in [3.05, 3.63) is 53.3 Å². The van der Waals surface area contributed by atoms with Gasteiger partial charge in [0.2, 0.25) is 0 Å². The molecule has 0 bridgehead atoms. The third kappa shape index (κ3) is 19.6. The molecule has 0 radical (unpaired) electrons. The molecule has 1 nitrogen and oxygen atoms in total. The van der Waals surface area contributed by atoms with Crippen LogP contribution in [0.15, 0.2) is 47.7 Å². The summed E-state index contributed by atoms with van der Waals surface area (Å²) >= 11 is 0. The molecular formula is C28H53N. The van der Waals surface area contributed by atoms with E-state index < -0.39 is 0 Å². The van der Waals surface area contributed by atoms with Gasteiger partial charge in [0, 0.05) is 18.4 Å². The quantitative estimate of drug-likeness (QED) is 0.442. The van der Waals surface area contributed by atoms with Crippen molar-refractivity contribution in [3.8, 4) is 0 Å². The van der Waals surface area contributed by atoms with E-state index in [4.69, 9.17) is 0 Å². The van der Waals surface area contributed by atoms with E-state index in [2.05, 4.69) is 111 Å². The van der Waals surface area contributed by atoms with Gasteiger partial charge in [-0.15, -0.1) is 0 Å². The van der Waals surface area contributed by atoms with Crippen molar-refractivity contribution in [1.29, 1.82) is 0 Å². The SMILES string of the molecule is CC.CC.CC(C)=CC(C)C.CC/C=C(\C)N(C)c1ccc(CC(C)(C)C)cc1. The Balaban J connectivity index is -0.000000516. The van der Waals surface area contributed by atoms with E-state index in [0.29, 0.717) is 11.3 Å². The summed E-state index contributed by atoms with van der Waals surface area (Å²) in [5.41, 5.74) is 5.74. The molecule has 0 heterocycles. The molecule has 0 aliphatic heterocycles. The maximum Gasteiger partial charge on any atom is 0.0405 e. The summed E-state index contributed by atoms with van der Waals surface area (Å²) in [4.78, 5) is 2.24. The molecule has 0 atom stereocenters. The second-order valence-electron chi connectivity index (χ2n) is 8.70. The largest absolute Gasteiger partial charge is 0.349 e. The molecule has 0 aliphatic rings. The molecular weight excluding hydrogens is 350 g/mol. The molecule has 0 spiro atoms. The highest BCUT2D eigenvalue weighted by Gasteiger charge is 2.11. The number of rotatable bonds is 5. The van der Waals surface area contributed by atoms with Gasteiger partial charge in [-0.25, -0.2) is 0 Å². The molecule has 0 unspecified atom stereocenters. The normalized spacial score (nSPS) is 10.5. The van der Waals surface area contributed by atoms with Crippen molar-refractivity contribution < 1.29 is 0 Å². The van der Waals surface area contributed by atoms with E-state index in [1.54, 1.807) is 0 Å². The molecule has 0 N–H and O–H groups in total. The number of benzene rings is 1. The molecule has 0 saturated carbocycles. The predicted octanol–water partition coefficient (Wildman–Crippen LogP) is 9.69. The van der Waals surface area contributed by atoms with Crippen LogP contribution in [-0.4, -0.2) is 7.05 Å². The average molecular weight is 404 g/mol.